The summed E-state index contributed by atoms with van der Waals surface area (Å²) in [5, 5.41) is 11.1. The quantitative estimate of drug-likeness (QED) is 0.602. The second-order valence-corrected chi connectivity index (χ2v) is 9.06. The van der Waals surface area contributed by atoms with Crippen LogP contribution in [-0.2, 0) is 14.6 Å². The summed E-state index contributed by atoms with van der Waals surface area (Å²) in [7, 11) is 1.05. The molecule has 0 aromatic carbocycles. The van der Waals surface area contributed by atoms with Crippen molar-refractivity contribution in [3.8, 4) is 0 Å². The molecule has 1 aliphatic rings. The normalized spacial score (nSPS) is 21.5. The number of sulfone groups is 1. The Kier molecular flexibility index (Phi) is 6.04. The highest BCUT2D eigenvalue weighted by molar-refractivity contribution is 7.99. The van der Waals surface area contributed by atoms with Crippen molar-refractivity contribution in [1.82, 2.24) is 15.5 Å². The van der Waals surface area contributed by atoms with Crippen LogP contribution in [0.4, 0.5) is 0 Å². The summed E-state index contributed by atoms with van der Waals surface area (Å²) in [5.74, 6) is 0.643. The average Bonchev–Trinajstić information content (AvgIpc) is 3.04. The fourth-order valence-electron chi connectivity index (χ4n) is 2.55. The molecular weight excluding hydrogens is 340 g/mol. The summed E-state index contributed by atoms with van der Waals surface area (Å²) in [6, 6.07) is -0.150. The van der Waals surface area contributed by atoms with Crippen LogP contribution in [0.25, 0.3) is 0 Å². The van der Waals surface area contributed by atoms with Gasteiger partial charge < -0.3 is 14.6 Å². The van der Waals surface area contributed by atoms with Crippen molar-refractivity contribution >= 4 is 27.5 Å². The second-order valence-electron chi connectivity index (χ2n) is 5.90. The molecule has 130 valence electrons. The topological polar surface area (TPSA) is 107 Å². The van der Waals surface area contributed by atoms with Gasteiger partial charge in [-0.1, -0.05) is 18.7 Å². The zero-order chi connectivity index (χ0) is 17.0. The van der Waals surface area contributed by atoms with Crippen molar-refractivity contribution in [3.05, 3.63) is 5.89 Å². The summed E-state index contributed by atoms with van der Waals surface area (Å²) >= 11 is 1.16. The number of hydrogen-bond donors (Lipinski definition) is 2. The fraction of sp³-hybridized carbons (Fsp3) is 0.769. The third kappa shape index (κ3) is 5.18. The van der Waals surface area contributed by atoms with Gasteiger partial charge in [-0.05, 0) is 6.42 Å². The van der Waals surface area contributed by atoms with Crippen LogP contribution < -0.4 is 10.2 Å². The van der Waals surface area contributed by atoms with E-state index < -0.39 is 9.84 Å². The predicted octanol–water partition coefficient (Wildman–Crippen LogP) is -0.939. The molecule has 1 amide bonds. The van der Waals surface area contributed by atoms with Crippen LogP contribution in [0.3, 0.4) is 0 Å². The number of carbonyl (C=O) groups is 1. The molecule has 2 N–H and O–H groups in total. The Bertz CT molecular complexity index is 644. The van der Waals surface area contributed by atoms with Crippen LogP contribution in [-0.4, -0.2) is 61.9 Å². The van der Waals surface area contributed by atoms with E-state index >= 15 is 0 Å². The number of quaternary nitrogens is 1. The molecule has 8 nitrogen and oxygen atoms in total. The maximum Gasteiger partial charge on any atom is 0.277 e. The highest BCUT2D eigenvalue weighted by atomic mass is 32.2. The lowest BCUT2D eigenvalue weighted by Crippen LogP contribution is -3.06. The van der Waals surface area contributed by atoms with Crippen LogP contribution in [0, 0.1) is 0 Å². The largest absolute Gasteiger partial charge is 0.410 e. The molecule has 10 heteroatoms. The standard InChI is InChI=1S/C13H22N4O4S2/c1-4-10(17(2)3)12-15-16-13(21-12)22-7-11(18)14-9-5-6-23(19,20)8-9/h9-10H,4-8H2,1-3H3,(H,14,18)/p+1/t9-,10-/m0/s1. The fourth-order valence-corrected chi connectivity index (χ4v) is 4.81. The Morgan fingerprint density at radius 1 is 1.48 bits per heavy atom. The molecule has 0 radical (unpaired) electrons. The van der Waals surface area contributed by atoms with Crippen molar-refractivity contribution in [3.63, 3.8) is 0 Å². The molecule has 0 spiro atoms. The van der Waals surface area contributed by atoms with Crippen LogP contribution in [0.5, 0.6) is 0 Å². The lowest BCUT2D eigenvalue weighted by molar-refractivity contribution is -0.894. The van der Waals surface area contributed by atoms with Gasteiger partial charge in [0.25, 0.3) is 11.1 Å². The number of nitrogens with zero attached hydrogens (tertiary/aromatic N) is 2. The number of thioether (sulfide) groups is 1. The van der Waals surface area contributed by atoms with Crippen molar-refractivity contribution in [2.24, 2.45) is 0 Å². The highest BCUT2D eigenvalue weighted by Crippen LogP contribution is 2.20. The molecule has 0 aliphatic carbocycles. The molecule has 2 rings (SSSR count). The van der Waals surface area contributed by atoms with Gasteiger partial charge in [0.15, 0.2) is 15.9 Å². The summed E-state index contributed by atoms with van der Waals surface area (Å²) in [5.41, 5.74) is 0. The molecule has 1 aliphatic heterocycles. The van der Waals surface area contributed by atoms with Gasteiger partial charge in [0.1, 0.15) is 0 Å². The Morgan fingerprint density at radius 3 is 2.78 bits per heavy atom. The maximum atomic E-state index is 11.9. The molecule has 0 unspecified atom stereocenters. The van der Waals surface area contributed by atoms with Crippen LogP contribution in [0.1, 0.15) is 31.7 Å². The van der Waals surface area contributed by atoms with Crippen molar-refractivity contribution < 1.29 is 22.5 Å². The van der Waals surface area contributed by atoms with Gasteiger partial charge in [-0.3, -0.25) is 4.79 Å². The Labute approximate surface area is 140 Å². The number of rotatable bonds is 7. The smallest absolute Gasteiger partial charge is 0.277 e. The van der Waals surface area contributed by atoms with Gasteiger partial charge in [0.2, 0.25) is 5.91 Å². The first-order valence-electron chi connectivity index (χ1n) is 7.56. The first kappa shape index (κ1) is 18.2. The number of aromatic nitrogens is 2. The molecule has 1 aromatic rings. The van der Waals surface area contributed by atoms with Gasteiger partial charge in [0.05, 0.1) is 31.4 Å². The zero-order valence-corrected chi connectivity index (χ0v) is 15.2. The van der Waals surface area contributed by atoms with E-state index in [9.17, 15) is 13.2 Å². The van der Waals surface area contributed by atoms with Gasteiger partial charge >= 0.3 is 0 Å². The molecule has 2 heterocycles. The molecule has 23 heavy (non-hydrogen) atoms. The Hall–Kier alpha value is -1.13. The molecule has 2 atom stereocenters. The maximum absolute atomic E-state index is 11.9. The van der Waals surface area contributed by atoms with Crippen molar-refractivity contribution in [2.75, 3.05) is 31.4 Å². The first-order chi connectivity index (χ1) is 10.8. The average molecular weight is 363 g/mol. The molecule has 1 aromatic heterocycles. The molecule has 1 saturated heterocycles. The van der Waals surface area contributed by atoms with E-state index in [2.05, 4.69) is 22.4 Å². The third-order valence-electron chi connectivity index (χ3n) is 3.75. The van der Waals surface area contributed by atoms with E-state index in [-0.39, 0.29) is 35.2 Å². The van der Waals surface area contributed by atoms with Crippen LogP contribution in [0.15, 0.2) is 9.64 Å². The van der Waals surface area contributed by atoms with Crippen LogP contribution >= 0.6 is 11.8 Å². The molecule has 1 fully saturated rings. The van der Waals surface area contributed by atoms with E-state index in [1.54, 1.807) is 0 Å². The first-order valence-corrected chi connectivity index (χ1v) is 10.4. The number of carbonyl (C=O) groups excluding carboxylic acids is 1. The minimum atomic E-state index is -2.99. The minimum Gasteiger partial charge on any atom is -0.410 e. The van der Waals surface area contributed by atoms with Gasteiger partial charge in [-0.2, -0.15) is 0 Å². The Balaban J connectivity index is 1.82. The Morgan fingerprint density at radius 2 is 2.22 bits per heavy atom. The van der Waals surface area contributed by atoms with E-state index in [1.807, 2.05) is 14.1 Å². The van der Waals surface area contributed by atoms with Gasteiger partial charge in [-0.15, -0.1) is 10.2 Å². The molecule has 0 saturated carbocycles. The summed E-state index contributed by atoms with van der Waals surface area (Å²) in [6.07, 6.45) is 1.36. The molecule has 0 bridgehead atoms. The zero-order valence-electron chi connectivity index (χ0n) is 13.5. The van der Waals surface area contributed by atoms with E-state index in [4.69, 9.17) is 4.42 Å². The van der Waals surface area contributed by atoms with Gasteiger partial charge in [0, 0.05) is 12.5 Å². The summed E-state index contributed by atoms with van der Waals surface area (Å²) < 4.78 is 28.3. The number of nitrogens with one attached hydrogen (secondary N) is 2. The third-order valence-corrected chi connectivity index (χ3v) is 6.34. The van der Waals surface area contributed by atoms with Crippen molar-refractivity contribution in [2.45, 2.75) is 37.1 Å². The van der Waals surface area contributed by atoms with E-state index in [0.29, 0.717) is 17.5 Å². The van der Waals surface area contributed by atoms with Crippen molar-refractivity contribution in [1.29, 1.82) is 0 Å². The number of hydrogen-bond acceptors (Lipinski definition) is 7. The number of amides is 1. The molecular formula is C13H23N4O4S2+. The SMILES string of the molecule is CC[C@@H](c1nnc(SCC(=O)N[C@H]2CCS(=O)(=O)C2)o1)[NH+](C)C. The lowest BCUT2D eigenvalue weighted by Gasteiger charge is -2.15. The lowest BCUT2D eigenvalue weighted by atomic mass is 10.2. The van der Waals surface area contributed by atoms with Gasteiger partial charge in [-0.25, -0.2) is 8.42 Å². The highest BCUT2D eigenvalue weighted by Gasteiger charge is 2.29. The minimum absolute atomic E-state index is 0.0257. The monoisotopic (exact) mass is 363 g/mol. The van der Waals surface area contributed by atoms with E-state index in [0.717, 1.165) is 18.2 Å². The summed E-state index contributed by atoms with van der Waals surface area (Å²) in [4.78, 5) is 13.1. The second kappa shape index (κ2) is 7.63. The van der Waals surface area contributed by atoms with Crippen LogP contribution in [0.2, 0.25) is 0 Å². The summed E-state index contributed by atoms with van der Waals surface area (Å²) in [6.45, 7) is 2.05. The van der Waals surface area contributed by atoms with E-state index in [1.165, 1.54) is 4.90 Å². The predicted molar refractivity (Wildman–Crippen MR) is 86.1 cm³/mol.